The summed E-state index contributed by atoms with van der Waals surface area (Å²) in [5, 5.41) is 0. The first-order chi connectivity index (χ1) is 7.20. The van der Waals surface area contributed by atoms with Gasteiger partial charge in [-0.2, -0.15) is 0 Å². The smallest absolute Gasteiger partial charge is 0.218 e. The molecule has 0 amide bonds. The summed E-state index contributed by atoms with van der Waals surface area (Å²) in [5.74, 6) is -0.251. The molecule has 0 radical (unpaired) electrons. The quantitative estimate of drug-likeness (QED) is 0.747. The molecule has 1 aliphatic carbocycles. The van der Waals surface area contributed by atoms with Gasteiger partial charge in [0, 0.05) is 6.04 Å². The second kappa shape index (κ2) is 4.98. The van der Waals surface area contributed by atoms with Gasteiger partial charge >= 0.3 is 0 Å². The number of hydrogen-bond donors (Lipinski definition) is 2. The van der Waals surface area contributed by atoms with Crippen LogP contribution >= 0.6 is 12.2 Å². The van der Waals surface area contributed by atoms with Crippen LogP contribution in [0.15, 0.2) is 0 Å². The molecule has 16 heavy (non-hydrogen) atoms. The van der Waals surface area contributed by atoms with Crippen molar-refractivity contribution in [2.24, 2.45) is 11.1 Å². The van der Waals surface area contributed by atoms with E-state index in [1.807, 2.05) is 0 Å². The van der Waals surface area contributed by atoms with Crippen molar-refractivity contribution in [1.29, 1.82) is 0 Å². The molecule has 0 aromatic carbocycles. The van der Waals surface area contributed by atoms with Gasteiger partial charge in [0.15, 0.2) is 0 Å². The molecule has 0 heterocycles. The molecule has 6 heteroatoms. The van der Waals surface area contributed by atoms with Crippen molar-refractivity contribution >= 4 is 27.2 Å². The Morgan fingerprint density at radius 2 is 2.19 bits per heavy atom. The predicted molar refractivity (Wildman–Crippen MR) is 69.7 cm³/mol. The van der Waals surface area contributed by atoms with Crippen LogP contribution < -0.4 is 10.5 Å². The van der Waals surface area contributed by atoms with Crippen LogP contribution in [0.3, 0.4) is 0 Å². The van der Waals surface area contributed by atoms with Crippen molar-refractivity contribution in [3.63, 3.8) is 0 Å². The summed E-state index contributed by atoms with van der Waals surface area (Å²) in [6.07, 6.45) is 4.00. The Hall–Kier alpha value is -0.200. The Labute approximate surface area is 103 Å². The van der Waals surface area contributed by atoms with Gasteiger partial charge in [0.1, 0.15) is 5.75 Å². The maximum absolute atomic E-state index is 11.6. The molecule has 1 aliphatic rings. The predicted octanol–water partition coefficient (Wildman–Crippen LogP) is 1.16. The van der Waals surface area contributed by atoms with Crippen LogP contribution in [0.2, 0.25) is 0 Å². The minimum absolute atomic E-state index is 0.0163. The number of hydrogen-bond acceptors (Lipinski definition) is 3. The van der Waals surface area contributed by atoms with Gasteiger partial charge in [-0.25, -0.2) is 13.1 Å². The van der Waals surface area contributed by atoms with Crippen LogP contribution in [0.4, 0.5) is 0 Å². The minimum atomic E-state index is -3.35. The zero-order valence-corrected chi connectivity index (χ0v) is 11.5. The molecule has 94 valence electrons. The van der Waals surface area contributed by atoms with Crippen LogP contribution in [-0.2, 0) is 10.0 Å². The number of rotatable bonds is 4. The second-order valence-electron chi connectivity index (χ2n) is 5.30. The molecular formula is C10H20N2O2S2. The molecule has 4 nitrogen and oxygen atoms in total. The van der Waals surface area contributed by atoms with Crippen molar-refractivity contribution in [2.75, 3.05) is 5.75 Å². The SMILES string of the molecule is CC1(C)CCCC(NS(=O)(=O)CC(N)=S)C1. The summed E-state index contributed by atoms with van der Waals surface area (Å²) >= 11 is 4.62. The average Bonchev–Trinajstić information content (AvgIpc) is 1.96. The fraction of sp³-hybridized carbons (Fsp3) is 0.900. The van der Waals surface area contributed by atoms with Gasteiger partial charge in [-0.15, -0.1) is 0 Å². The molecule has 0 aromatic heterocycles. The standard InChI is InChI=1S/C10H20N2O2S2/c1-10(2)5-3-4-8(6-10)12-16(13,14)7-9(11)15/h8,12H,3-7H2,1-2H3,(H2,11,15). The van der Waals surface area contributed by atoms with Gasteiger partial charge in [0.2, 0.25) is 10.0 Å². The summed E-state index contributed by atoms with van der Waals surface area (Å²) in [6, 6.07) is 0.0306. The zero-order chi connectivity index (χ0) is 12.4. The van der Waals surface area contributed by atoms with Gasteiger partial charge in [0.05, 0.1) is 4.99 Å². The molecule has 1 atom stereocenters. The van der Waals surface area contributed by atoms with E-state index in [-0.39, 0.29) is 22.2 Å². The average molecular weight is 264 g/mol. The number of nitrogens with one attached hydrogen (secondary N) is 1. The summed E-state index contributed by atoms with van der Waals surface area (Å²) in [4.78, 5) is 0.0163. The fourth-order valence-corrected chi connectivity index (χ4v) is 3.91. The van der Waals surface area contributed by atoms with E-state index in [0.29, 0.717) is 0 Å². The Bertz CT molecular complexity index is 363. The third-order valence-electron chi connectivity index (χ3n) is 2.88. The molecular weight excluding hydrogens is 244 g/mol. The maximum atomic E-state index is 11.6. The maximum Gasteiger partial charge on any atom is 0.218 e. The summed E-state index contributed by atoms with van der Waals surface area (Å²) in [7, 11) is -3.35. The van der Waals surface area contributed by atoms with Gasteiger partial charge < -0.3 is 5.73 Å². The Morgan fingerprint density at radius 3 is 2.69 bits per heavy atom. The topological polar surface area (TPSA) is 72.2 Å². The highest BCUT2D eigenvalue weighted by atomic mass is 32.2. The lowest BCUT2D eigenvalue weighted by Crippen LogP contribution is -2.43. The molecule has 0 aliphatic heterocycles. The van der Waals surface area contributed by atoms with Crippen molar-refractivity contribution in [1.82, 2.24) is 4.72 Å². The van der Waals surface area contributed by atoms with Crippen LogP contribution in [0, 0.1) is 5.41 Å². The van der Waals surface area contributed by atoms with E-state index >= 15 is 0 Å². The molecule has 1 rings (SSSR count). The van der Waals surface area contributed by atoms with E-state index in [4.69, 9.17) is 5.73 Å². The summed E-state index contributed by atoms with van der Waals surface area (Å²) in [6.45, 7) is 4.34. The monoisotopic (exact) mass is 264 g/mol. The zero-order valence-electron chi connectivity index (χ0n) is 9.82. The van der Waals surface area contributed by atoms with Crippen LogP contribution in [-0.4, -0.2) is 25.2 Å². The molecule has 0 aromatic rings. The Kier molecular flexibility index (Phi) is 4.31. The fourth-order valence-electron chi connectivity index (χ4n) is 2.28. The van der Waals surface area contributed by atoms with Gasteiger partial charge in [0.25, 0.3) is 0 Å². The van der Waals surface area contributed by atoms with Gasteiger partial charge in [-0.3, -0.25) is 0 Å². The third-order valence-corrected chi connectivity index (χ3v) is 4.59. The van der Waals surface area contributed by atoms with Crippen molar-refractivity contribution in [2.45, 2.75) is 45.6 Å². The molecule has 0 saturated heterocycles. The molecule has 1 unspecified atom stereocenters. The summed E-state index contributed by atoms with van der Waals surface area (Å²) in [5.41, 5.74) is 5.47. The highest BCUT2D eigenvalue weighted by Gasteiger charge is 2.30. The van der Waals surface area contributed by atoms with Crippen LogP contribution in [0.25, 0.3) is 0 Å². The van der Waals surface area contributed by atoms with E-state index in [1.165, 1.54) is 0 Å². The number of sulfonamides is 1. The highest BCUT2D eigenvalue weighted by molar-refractivity contribution is 7.92. The van der Waals surface area contributed by atoms with Crippen LogP contribution in [0.1, 0.15) is 39.5 Å². The van der Waals surface area contributed by atoms with E-state index in [1.54, 1.807) is 0 Å². The van der Waals surface area contributed by atoms with Gasteiger partial charge in [-0.1, -0.05) is 32.5 Å². The second-order valence-corrected chi connectivity index (χ2v) is 7.58. The largest absolute Gasteiger partial charge is 0.392 e. The van der Waals surface area contributed by atoms with Crippen molar-refractivity contribution in [3.8, 4) is 0 Å². The lowest BCUT2D eigenvalue weighted by molar-refractivity contribution is 0.212. The molecule has 0 spiro atoms. The van der Waals surface area contributed by atoms with Gasteiger partial charge in [-0.05, 0) is 24.7 Å². The lowest BCUT2D eigenvalue weighted by Gasteiger charge is -2.35. The Balaban J connectivity index is 2.57. The molecule has 1 saturated carbocycles. The Morgan fingerprint density at radius 1 is 1.56 bits per heavy atom. The van der Waals surface area contributed by atoms with E-state index in [9.17, 15) is 8.42 Å². The third kappa shape index (κ3) is 4.76. The summed E-state index contributed by atoms with van der Waals surface area (Å²) < 4.78 is 26.0. The van der Waals surface area contributed by atoms with E-state index in [0.717, 1.165) is 25.7 Å². The first kappa shape index (κ1) is 13.9. The lowest BCUT2D eigenvalue weighted by atomic mass is 9.75. The number of nitrogens with two attached hydrogens (primary N) is 1. The molecule has 1 fully saturated rings. The molecule has 0 bridgehead atoms. The van der Waals surface area contributed by atoms with E-state index in [2.05, 4.69) is 30.8 Å². The normalized spacial score (nSPS) is 25.2. The van der Waals surface area contributed by atoms with E-state index < -0.39 is 10.0 Å². The van der Waals surface area contributed by atoms with Crippen molar-refractivity contribution < 1.29 is 8.42 Å². The minimum Gasteiger partial charge on any atom is -0.392 e. The molecule has 3 N–H and O–H groups in total. The number of thiocarbonyl (C=S) groups is 1. The highest BCUT2D eigenvalue weighted by Crippen LogP contribution is 2.35. The van der Waals surface area contributed by atoms with Crippen LogP contribution in [0.5, 0.6) is 0 Å². The van der Waals surface area contributed by atoms with Crippen molar-refractivity contribution in [3.05, 3.63) is 0 Å². The first-order valence-corrected chi connectivity index (χ1v) is 7.55. The first-order valence-electron chi connectivity index (χ1n) is 5.48.